The monoisotopic (exact) mass is 301 g/mol. The van der Waals surface area contributed by atoms with Gasteiger partial charge in [-0.05, 0) is 31.9 Å². The van der Waals surface area contributed by atoms with Gasteiger partial charge in [-0.1, -0.05) is 24.6 Å². The van der Waals surface area contributed by atoms with E-state index in [1.807, 2.05) is 0 Å². The molecule has 2 atom stereocenters. The van der Waals surface area contributed by atoms with Gasteiger partial charge in [-0.15, -0.1) is 13.2 Å². The summed E-state index contributed by atoms with van der Waals surface area (Å²) in [5, 5.41) is 11.0. The SMILES string of the molecule is OC1(c2ccccc2OC(F)(F)F)CCN2CCCCC21. The zero-order valence-corrected chi connectivity index (χ0v) is 11.6. The van der Waals surface area contributed by atoms with Gasteiger partial charge in [0.1, 0.15) is 11.4 Å². The number of ether oxygens (including phenoxy) is 1. The van der Waals surface area contributed by atoms with Gasteiger partial charge in [0.2, 0.25) is 0 Å². The Morgan fingerprint density at radius 3 is 2.71 bits per heavy atom. The highest BCUT2D eigenvalue weighted by molar-refractivity contribution is 5.40. The number of piperidine rings is 1. The van der Waals surface area contributed by atoms with E-state index in [-0.39, 0.29) is 17.4 Å². The minimum atomic E-state index is -4.75. The topological polar surface area (TPSA) is 32.7 Å². The first-order valence-electron chi connectivity index (χ1n) is 7.22. The van der Waals surface area contributed by atoms with Crippen LogP contribution in [0.1, 0.15) is 31.2 Å². The molecular weight excluding hydrogens is 283 g/mol. The van der Waals surface area contributed by atoms with Gasteiger partial charge in [0.05, 0.1) is 0 Å². The Balaban J connectivity index is 1.96. The van der Waals surface area contributed by atoms with Crippen LogP contribution in [0.25, 0.3) is 0 Å². The molecule has 0 amide bonds. The molecule has 0 bridgehead atoms. The van der Waals surface area contributed by atoms with Crippen molar-refractivity contribution in [1.82, 2.24) is 4.90 Å². The summed E-state index contributed by atoms with van der Waals surface area (Å²) in [5.74, 6) is -0.292. The van der Waals surface area contributed by atoms with Crippen molar-refractivity contribution in [2.24, 2.45) is 0 Å². The van der Waals surface area contributed by atoms with Crippen molar-refractivity contribution >= 4 is 0 Å². The largest absolute Gasteiger partial charge is 0.573 e. The third-order valence-corrected chi connectivity index (χ3v) is 4.52. The van der Waals surface area contributed by atoms with Crippen molar-refractivity contribution in [2.45, 2.75) is 43.7 Å². The van der Waals surface area contributed by atoms with Crippen molar-refractivity contribution in [1.29, 1.82) is 0 Å². The van der Waals surface area contributed by atoms with Crippen molar-refractivity contribution in [3.8, 4) is 5.75 Å². The Morgan fingerprint density at radius 2 is 1.95 bits per heavy atom. The van der Waals surface area contributed by atoms with Crippen LogP contribution in [-0.2, 0) is 5.60 Å². The highest BCUT2D eigenvalue weighted by atomic mass is 19.4. The van der Waals surface area contributed by atoms with E-state index in [1.165, 1.54) is 12.1 Å². The Kier molecular flexibility index (Phi) is 3.61. The first-order chi connectivity index (χ1) is 9.90. The van der Waals surface area contributed by atoms with Crippen LogP contribution in [0.4, 0.5) is 13.2 Å². The summed E-state index contributed by atoms with van der Waals surface area (Å²) < 4.78 is 41.8. The molecule has 2 heterocycles. The smallest absolute Gasteiger partial charge is 0.405 e. The van der Waals surface area contributed by atoms with Gasteiger partial charge in [-0.25, -0.2) is 0 Å². The number of fused-ring (bicyclic) bond motifs is 1. The van der Waals surface area contributed by atoms with Gasteiger partial charge in [0, 0.05) is 18.2 Å². The highest BCUT2D eigenvalue weighted by Gasteiger charge is 2.49. The maximum atomic E-state index is 12.6. The van der Waals surface area contributed by atoms with Crippen molar-refractivity contribution in [3.05, 3.63) is 29.8 Å². The summed E-state index contributed by atoms with van der Waals surface area (Å²) in [5.41, 5.74) is -1.01. The lowest BCUT2D eigenvalue weighted by Crippen LogP contribution is -2.45. The third-order valence-electron chi connectivity index (χ3n) is 4.52. The van der Waals surface area contributed by atoms with E-state index in [0.717, 1.165) is 25.8 Å². The van der Waals surface area contributed by atoms with Gasteiger partial charge >= 0.3 is 6.36 Å². The fourth-order valence-corrected chi connectivity index (χ4v) is 3.63. The van der Waals surface area contributed by atoms with Crippen molar-refractivity contribution in [2.75, 3.05) is 13.1 Å². The number of hydrogen-bond donors (Lipinski definition) is 1. The number of hydrogen-bond acceptors (Lipinski definition) is 3. The Bertz CT molecular complexity index is 520. The van der Waals surface area contributed by atoms with Crippen LogP contribution in [0.2, 0.25) is 0 Å². The van der Waals surface area contributed by atoms with E-state index in [0.29, 0.717) is 13.0 Å². The average molecular weight is 301 g/mol. The predicted octanol–water partition coefficient (Wildman–Crippen LogP) is 3.03. The van der Waals surface area contributed by atoms with Crippen molar-refractivity contribution < 1.29 is 23.0 Å². The third kappa shape index (κ3) is 2.74. The summed E-state index contributed by atoms with van der Waals surface area (Å²) in [6.45, 7) is 1.61. The fourth-order valence-electron chi connectivity index (χ4n) is 3.63. The number of halogens is 3. The normalized spacial score (nSPS) is 30.2. The molecule has 116 valence electrons. The lowest BCUT2D eigenvalue weighted by Gasteiger charge is -2.38. The Labute approximate surface area is 121 Å². The molecule has 1 N–H and O–H groups in total. The molecule has 1 aromatic carbocycles. The molecule has 6 heteroatoms. The standard InChI is InChI=1S/C15H18F3NO2/c16-15(17,18)21-12-6-2-1-5-11(12)14(20)8-10-19-9-4-3-7-13(14)19/h1-2,5-6,13,20H,3-4,7-10H2. The zero-order valence-electron chi connectivity index (χ0n) is 11.6. The van der Waals surface area contributed by atoms with Crippen LogP contribution in [0.5, 0.6) is 5.75 Å². The lowest BCUT2D eigenvalue weighted by atomic mass is 9.82. The molecule has 2 fully saturated rings. The summed E-state index contributed by atoms with van der Waals surface area (Å²) in [4.78, 5) is 2.17. The molecule has 0 aromatic heterocycles. The van der Waals surface area contributed by atoms with Gasteiger partial charge in [-0.2, -0.15) is 0 Å². The lowest BCUT2D eigenvalue weighted by molar-refractivity contribution is -0.275. The van der Waals surface area contributed by atoms with Gasteiger partial charge in [0.15, 0.2) is 0 Å². The minimum absolute atomic E-state index is 0.121. The van der Waals surface area contributed by atoms with E-state index in [1.54, 1.807) is 12.1 Å². The molecule has 2 aliphatic rings. The summed E-state index contributed by atoms with van der Waals surface area (Å²) in [6.07, 6.45) is -1.44. The molecule has 3 rings (SSSR count). The van der Waals surface area contributed by atoms with Crippen LogP contribution < -0.4 is 4.74 Å². The number of benzene rings is 1. The van der Waals surface area contributed by atoms with Gasteiger partial charge in [0.25, 0.3) is 0 Å². The number of para-hydroxylation sites is 1. The Morgan fingerprint density at radius 1 is 1.19 bits per heavy atom. The molecule has 2 saturated heterocycles. The van der Waals surface area contributed by atoms with Crippen LogP contribution >= 0.6 is 0 Å². The minimum Gasteiger partial charge on any atom is -0.405 e. The summed E-state index contributed by atoms with van der Waals surface area (Å²) in [6, 6.07) is 5.82. The molecule has 3 nitrogen and oxygen atoms in total. The molecule has 0 aliphatic carbocycles. The maximum absolute atomic E-state index is 12.6. The van der Waals surface area contributed by atoms with Crippen LogP contribution in [0.3, 0.4) is 0 Å². The first kappa shape index (κ1) is 14.7. The number of aliphatic hydroxyl groups is 1. The summed E-state index contributed by atoms with van der Waals surface area (Å²) >= 11 is 0. The highest BCUT2D eigenvalue weighted by Crippen LogP contribution is 2.45. The second-order valence-corrected chi connectivity index (χ2v) is 5.77. The molecule has 0 radical (unpaired) electrons. The number of nitrogens with zero attached hydrogens (tertiary/aromatic N) is 1. The van der Waals surface area contributed by atoms with E-state index in [4.69, 9.17) is 0 Å². The first-order valence-corrected chi connectivity index (χ1v) is 7.22. The van der Waals surface area contributed by atoms with E-state index in [9.17, 15) is 18.3 Å². The average Bonchev–Trinajstić information content (AvgIpc) is 2.77. The Hall–Kier alpha value is -1.27. The quantitative estimate of drug-likeness (QED) is 0.911. The number of alkyl halides is 3. The fraction of sp³-hybridized carbons (Fsp3) is 0.600. The molecular formula is C15H18F3NO2. The molecule has 0 spiro atoms. The second kappa shape index (κ2) is 5.18. The predicted molar refractivity (Wildman–Crippen MR) is 70.9 cm³/mol. The van der Waals surface area contributed by atoms with Crippen LogP contribution in [0, 0.1) is 0 Å². The maximum Gasteiger partial charge on any atom is 0.573 e. The number of rotatable bonds is 2. The van der Waals surface area contributed by atoms with Crippen LogP contribution in [0.15, 0.2) is 24.3 Å². The molecule has 2 unspecified atom stereocenters. The molecule has 21 heavy (non-hydrogen) atoms. The second-order valence-electron chi connectivity index (χ2n) is 5.77. The zero-order chi connectivity index (χ0) is 15.1. The van der Waals surface area contributed by atoms with Gasteiger partial charge in [-0.3, -0.25) is 4.90 Å². The molecule has 0 saturated carbocycles. The van der Waals surface area contributed by atoms with E-state index in [2.05, 4.69) is 9.64 Å². The summed E-state index contributed by atoms with van der Waals surface area (Å²) in [7, 11) is 0. The van der Waals surface area contributed by atoms with Crippen molar-refractivity contribution in [3.63, 3.8) is 0 Å². The van der Waals surface area contributed by atoms with E-state index >= 15 is 0 Å². The van der Waals surface area contributed by atoms with Crippen LogP contribution in [-0.4, -0.2) is 35.5 Å². The van der Waals surface area contributed by atoms with E-state index < -0.39 is 12.0 Å². The molecule has 1 aromatic rings. The molecule has 2 aliphatic heterocycles. The van der Waals surface area contributed by atoms with Gasteiger partial charge < -0.3 is 9.84 Å².